The molecule has 2 rings (SSSR count). The number of ketones is 1. The molecule has 0 aliphatic carbocycles. The van der Waals surface area contributed by atoms with E-state index in [1.165, 1.54) is 26.2 Å². The molecule has 0 aliphatic heterocycles. The molecule has 0 saturated carbocycles. The molecule has 2 aromatic carbocycles. The van der Waals surface area contributed by atoms with Gasteiger partial charge in [0.15, 0.2) is 0 Å². The first kappa shape index (κ1) is 23.2. The maximum Gasteiger partial charge on any atom is 0.255 e. The van der Waals surface area contributed by atoms with Crippen LogP contribution in [0.5, 0.6) is 5.75 Å². The fourth-order valence-corrected chi connectivity index (χ4v) is 3.39. The number of halogens is 1. The van der Waals surface area contributed by atoms with E-state index in [-0.39, 0.29) is 28.0 Å². The average molecular weight is 429 g/mol. The van der Waals surface area contributed by atoms with Crippen molar-refractivity contribution in [2.45, 2.75) is 24.8 Å². The Bertz CT molecular complexity index is 845. The van der Waals surface area contributed by atoms with E-state index in [9.17, 15) is 13.2 Å². The lowest BCUT2D eigenvalue weighted by Gasteiger charge is -2.17. The number of methoxy groups -OCH3 is 1. The summed E-state index contributed by atoms with van der Waals surface area (Å²) in [5.74, 6) is 6.31. The molecular weight excluding hydrogens is 408 g/mol. The highest BCUT2D eigenvalue weighted by Gasteiger charge is 2.21. The van der Waals surface area contributed by atoms with Gasteiger partial charge in [-0.2, -0.15) is 0 Å². The second-order valence-electron chi connectivity index (χ2n) is 5.45. The van der Waals surface area contributed by atoms with Gasteiger partial charge in [0.1, 0.15) is 11.5 Å². The number of benzene rings is 2. The zero-order valence-electron chi connectivity index (χ0n) is 15.0. The molecular formula is C18H21ClN2O4S2. The van der Waals surface area contributed by atoms with Crippen molar-refractivity contribution in [1.82, 2.24) is 4.41 Å². The van der Waals surface area contributed by atoms with Gasteiger partial charge in [-0.15, -0.1) is 4.41 Å². The third-order valence-corrected chi connectivity index (χ3v) is 5.13. The molecule has 0 saturated heterocycles. The standard InChI is InChI=1S/C14H16N2O3S.C4H5ClOS/c1-19-13-7-9-14(10-8-13)20(17,18)16(15)11-12-5-3-2-4-6-12;1-3(6)2-4(5)7/h2-10H,11,15H2,1H3;2H2,1H3. The van der Waals surface area contributed by atoms with Crippen molar-refractivity contribution >= 4 is 43.9 Å². The van der Waals surface area contributed by atoms with Gasteiger partial charge in [0, 0.05) is 0 Å². The number of carbonyl (C=O) groups is 1. The molecule has 9 heteroatoms. The molecule has 0 fully saturated rings. The van der Waals surface area contributed by atoms with E-state index in [1.807, 2.05) is 30.3 Å². The summed E-state index contributed by atoms with van der Waals surface area (Å²) in [6, 6.07) is 15.3. The minimum atomic E-state index is -3.71. The largest absolute Gasteiger partial charge is 0.497 e. The molecule has 27 heavy (non-hydrogen) atoms. The van der Waals surface area contributed by atoms with Gasteiger partial charge in [-0.25, -0.2) is 8.42 Å². The van der Waals surface area contributed by atoms with E-state index in [1.54, 1.807) is 12.1 Å². The van der Waals surface area contributed by atoms with Gasteiger partial charge >= 0.3 is 0 Å². The molecule has 6 nitrogen and oxygen atoms in total. The van der Waals surface area contributed by atoms with Crippen LogP contribution in [0.25, 0.3) is 0 Å². The quantitative estimate of drug-likeness (QED) is 0.315. The zero-order valence-corrected chi connectivity index (χ0v) is 17.4. The van der Waals surface area contributed by atoms with Crippen molar-refractivity contribution in [1.29, 1.82) is 0 Å². The first-order chi connectivity index (χ1) is 12.7. The summed E-state index contributed by atoms with van der Waals surface area (Å²) in [7, 11) is -2.18. The normalized spacial score (nSPS) is 10.7. The molecule has 146 valence electrons. The van der Waals surface area contributed by atoms with Gasteiger partial charge < -0.3 is 4.74 Å². The predicted molar refractivity (Wildman–Crippen MR) is 110 cm³/mol. The summed E-state index contributed by atoms with van der Waals surface area (Å²) in [4.78, 5) is 10.2. The second-order valence-corrected chi connectivity index (χ2v) is 8.51. The molecule has 2 N–H and O–H groups in total. The third-order valence-electron chi connectivity index (χ3n) is 3.24. The Hall–Kier alpha value is -1.84. The molecule has 2 aromatic rings. The molecule has 0 spiro atoms. The highest BCUT2D eigenvalue weighted by Crippen LogP contribution is 2.19. The summed E-state index contributed by atoms with van der Waals surface area (Å²) in [6.45, 7) is 1.57. The van der Waals surface area contributed by atoms with Crippen molar-refractivity contribution in [3.8, 4) is 5.75 Å². The topological polar surface area (TPSA) is 89.7 Å². The van der Waals surface area contributed by atoms with Crippen LogP contribution in [0, 0.1) is 0 Å². The monoisotopic (exact) mass is 428 g/mol. The Morgan fingerprint density at radius 1 is 1.15 bits per heavy atom. The number of thiocarbonyl (C=S) groups is 1. The number of hydrogen-bond acceptors (Lipinski definition) is 6. The zero-order chi connectivity index (χ0) is 20.4. The van der Waals surface area contributed by atoms with Crippen molar-refractivity contribution in [2.75, 3.05) is 7.11 Å². The molecule has 0 bridgehead atoms. The molecule has 0 atom stereocenters. The highest BCUT2D eigenvalue weighted by molar-refractivity contribution is 7.89. The van der Waals surface area contributed by atoms with Gasteiger partial charge in [0.2, 0.25) is 0 Å². The van der Waals surface area contributed by atoms with E-state index in [0.29, 0.717) is 5.75 Å². The van der Waals surface area contributed by atoms with E-state index >= 15 is 0 Å². The number of nitrogens with zero attached hydrogens (tertiary/aromatic N) is 1. The van der Waals surface area contributed by atoms with Crippen LogP contribution in [0.2, 0.25) is 0 Å². The first-order valence-electron chi connectivity index (χ1n) is 7.80. The maximum atomic E-state index is 12.3. The lowest BCUT2D eigenvalue weighted by molar-refractivity contribution is -0.115. The number of Topliss-reactive ketones (excluding diaryl/α,β-unsaturated/α-hetero) is 1. The summed E-state index contributed by atoms with van der Waals surface area (Å²) in [6.07, 6.45) is 0.219. The Morgan fingerprint density at radius 2 is 1.70 bits per heavy atom. The van der Waals surface area contributed by atoms with Crippen LogP contribution in [-0.4, -0.2) is 30.0 Å². The Morgan fingerprint density at radius 3 is 2.11 bits per heavy atom. The van der Waals surface area contributed by atoms with Gasteiger partial charge in [0.05, 0.1) is 29.3 Å². The number of rotatable bonds is 7. The molecule has 0 heterocycles. The minimum Gasteiger partial charge on any atom is -0.497 e. The lowest BCUT2D eigenvalue weighted by Crippen LogP contribution is -2.36. The number of hydrazine groups is 1. The van der Waals surface area contributed by atoms with E-state index in [0.717, 1.165) is 9.98 Å². The van der Waals surface area contributed by atoms with Crippen molar-refractivity contribution < 1.29 is 17.9 Å². The van der Waals surface area contributed by atoms with Crippen LogP contribution in [0.15, 0.2) is 59.5 Å². The van der Waals surface area contributed by atoms with E-state index in [2.05, 4.69) is 12.2 Å². The van der Waals surface area contributed by atoms with Crippen molar-refractivity contribution in [3.05, 3.63) is 60.2 Å². The number of nitrogens with two attached hydrogens (primary N) is 1. The number of carbonyl (C=O) groups excluding carboxylic acids is 1. The minimum absolute atomic E-state index is 0.0139. The molecule has 0 aliphatic rings. The predicted octanol–water partition coefficient (Wildman–Crippen LogP) is 3.29. The Labute approximate surface area is 169 Å². The lowest BCUT2D eigenvalue weighted by atomic mass is 10.2. The second kappa shape index (κ2) is 11.1. The fourth-order valence-electron chi connectivity index (χ4n) is 1.93. The van der Waals surface area contributed by atoms with Gasteiger partial charge in [0.25, 0.3) is 10.0 Å². The van der Waals surface area contributed by atoms with Crippen LogP contribution >= 0.6 is 23.8 Å². The maximum absolute atomic E-state index is 12.3. The van der Waals surface area contributed by atoms with Crippen LogP contribution < -0.4 is 10.6 Å². The van der Waals surface area contributed by atoms with Gasteiger partial charge in [-0.1, -0.05) is 54.2 Å². The van der Waals surface area contributed by atoms with Crippen LogP contribution in [0.3, 0.4) is 0 Å². The molecule has 0 radical (unpaired) electrons. The SMILES string of the molecule is CC(=O)CC(=S)Cl.COc1ccc(S(=O)(=O)N(N)Cc2ccccc2)cc1. The Kier molecular flexibility index (Phi) is 9.54. The summed E-state index contributed by atoms with van der Waals surface area (Å²) in [5.41, 5.74) is 0.826. The van der Waals surface area contributed by atoms with E-state index in [4.69, 9.17) is 22.2 Å². The molecule has 0 aromatic heterocycles. The van der Waals surface area contributed by atoms with E-state index < -0.39 is 10.0 Å². The van der Waals surface area contributed by atoms with Crippen molar-refractivity contribution in [3.63, 3.8) is 0 Å². The third kappa shape index (κ3) is 8.15. The Balaban J connectivity index is 0.000000445. The number of hydrogen-bond donors (Lipinski definition) is 1. The highest BCUT2D eigenvalue weighted by atomic mass is 35.5. The van der Waals surface area contributed by atoms with Gasteiger partial charge in [-0.3, -0.25) is 10.6 Å². The van der Waals surface area contributed by atoms with Crippen LogP contribution in [0.1, 0.15) is 18.9 Å². The smallest absolute Gasteiger partial charge is 0.255 e. The fraction of sp³-hybridized carbons (Fsp3) is 0.222. The number of sulfonamides is 1. The summed E-state index contributed by atoms with van der Waals surface area (Å²) >= 11 is 9.60. The van der Waals surface area contributed by atoms with Crippen LogP contribution in [-0.2, 0) is 21.4 Å². The summed E-state index contributed by atoms with van der Waals surface area (Å²) < 4.78 is 30.7. The molecule has 0 amide bonds. The van der Waals surface area contributed by atoms with Crippen molar-refractivity contribution in [2.24, 2.45) is 5.84 Å². The molecule has 0 unspecified atom stereocenters. The van der Waals surface area contributed by atoms with Gasteiger partial charge in [-0.05, 0) is 36.8 Å². The van der Waals surface area contributed by atoms with Crippen LogP contribution in [0.4, 0.5) is 0 Å². The average Bonchev–Trinajstić information content (AvgIpc) is 2.62. The summed E-state index contributed by atoms with van der Waals surface area (Å²) in [5, 5.41) is 0. The first-order valence-corrected chi connectivity index (χ1v) is 10.0. The number of ether oxygens (including phenoxy) is 1.